The lowest BCUT2D eigenvalue weighted by atomic mass is 10.0. The SMILES string of the molecule is CON1[C@H]2CN(C)C(=O)[C@]21C(C)=O. The van der Waals surface area contributed by atoms with Crippen LogP contribution >= 0.6 is 0 Å². The normalized spacial score (nSPS) is 42.1. The van der Waals surface area contributed by atoms with E-state index in [1.54, 1.807) is 11.9 Å². The molecule has 2 rings (SSSR count). The summed E-state index contributed by atoms with van der Waals surface area (Å²) in [7, 11) is 3.18. The Labute approximate surface area is 76.2 Å². The molecule has 2 fully saturated rings. The molecule has 3 atom stereocenters. The predicted octanol–water partition coefficient (Wildman–Crippen LogP) is -0.968. The van der Waals surface area contributed by atoms with Gasteiger partial charge in [-0.1, -0.05) is 0 Å². The minimum Gasteiger partial charge on any atom is -0.342 e. The van der Waals surface area contributed by atoms with Crippen LogP contribution in [0.1, 0.15) is 6.92 Å². The van der Waals surface area contributed by atoms with Crippen LogP contribution < -0.4 is 0 Å². The third-order valence-corrected chi connectivity index (χ3v) is 2.90. The van der Waals surface area contributed by atoms with E-state index in [0.29, 0.717) is 6.54 Å². The Kier molecular flexibility index (Phi) is 1.53. The second-order valence-corrected chi connectivity index (χ2v) is 3.53. The molecule has 72 valence electrons. The van der Waals surface area contributed by atoms with Gasteiger partial charge in [0, 0.05) is 13.6 Å². The third kappa shape index (κ3) is 0.739. The van der Waals surface area contributed by atoms with E-state index in [2.05, 4.69) is 0 Å². The number of fused-ring (bicyclic) bond motifs is 1. The van der Waals surface area contributed by atoms with Crippen LogP contribution in [0.15, 0.2) is 0 Å². The first-order valence-electron chi connectivity index (χ1n) is 4.16. The summed E-state index contributed by atoms with van der Waals surface area (Å²) in [4.78, 5) is 29.6. The van der Waals surface area contributed by atoms with Crippen LogP contribution in [0.25, 0.3) is 0 Å². The Balaban J connectivity index is 2.34. The van der Waals surface area contributed by atoms with E-state index < -0.39 is 5.54 Å². The van der Waals surface area contributed by atoms with Crippen LogP contribution in [0.2, 0.25) is 0 Å². The summed E-state index contributed by atoms with van der Waals surface area (Å²) in [6.45, 7) is 2.01. The van der Waals surface area contributed by atoms with Gasteiger partial charge >= 0.3 is 0 Å². The van der Waals surface area contributed by atoms with Crippen LogP contribution in [0.4, 0.5) is 0 Å². The number of likely N-dealkylation sites (tertiary alicyclic amines) is 1. The van der Waals surface area contributed by atoms with Crippen molar-refractivity contribution < 1.29 is 14.4 Å². The lowest BCUT2D eigenvalue weighted by molar-refractivity contribution is -0.150. The number of Topliss-reactive ketones (excluding diaryl/α,β-unsaturated/α-hetero) is 1. The minimum atomic E-state index is -0.983. The Morgan fingerprint density at radius 1 is 1.69 bits per heavy atom. The first-order chi connectivity index (χ1) is 6.06. The van der Waals surface area contributed by atoms with E-state index in [0.717, 1.165) is 0 Å². The average molecular weight is 184 g/mol. The number of ketones is 1. The number of carbonyl (C=O) groups is 2. The number of hydroxylamine groups is 2. The lowest BCUT2D eigenvalue weighted by Gasteiger charge is -2.17. The maximum absolute atomic E-state index is 11.7. The molecule has 1 unspecified atom stereocenters. The first kappa shape index (κ1) is 8.65. The Bertz CT molecular complexity index is 291. The summed E-state index contributed by atoms with van der Waals surface area (Å²) < 4.78 is 0. The number of amides is 1. The maximum atomic E-state index is 11.7. The topological polar surface area (TPSA) is 49.6 Å². The van der Waals surface area contributed by atoms with Gasteiger partial charge in [0.05, 0.1) is 13.2 Å². The molecule has 5 heteroatoms. The van der Waals surface area contributed by atoms with E-state index >= 15 is 0 Å². The third-order valence-electron chi connectivity index (χ3n) is 2.90. The highest BCUT2D eigenvalue weighted by Gasteiger charge is 2.77. The second-order valence-electron chi connectivity index (χ2n) is 3.53. The molecule has 0 aliphatic carbocycles. The Morgan fingerprint density at radius 3 is 2.69 bits per heavy atom. The number of carbonyl (C=O) groups excluding carboxylic acids is 2. The lowest BCUT2D eigenvalue weighted by Crippen LogP contribution is -2.42. The van der Waals surface area contributed by atoms with Gasteiger partial charge in [0.25, 0.3) is 5.91 Å². The zero-order valence-electron chi connectivity index (χ0n) is 7.90. The van der Waals surface area contributed by atoms with Crippen LogP contribution in [0.3, 0.4) is 0 Å². The van der Waals surface area contributed by atoms with Crippen LogP contribution in [0.5, 0.6) is 0 Å². The fourth-order valence-corrected chi connectivity index (χ4v) is 2.21. The molecule has 1 amide bonds. The number of likely N-dealkylation sites (N-methyl/N-ethyl adjacent to an activating group) is 1. The fourth-order valence-electron chi connectivity index (χ4n) is 2.21. The highest BCUT2D eigenvalue weighted by molar-refractivity contribution is 6.15. The van der Waals surface area contributed by atoms with E-state index in [-0.39, 0.29) is 17.7 Å². The molecule has 2 saturated heterocycles. The van der Waals surface area contributed by atoms with Crippen molar-refractivity contribution in [3.63, 3.8) is 0 Å². The number of piperazine rings is 1. The first-order valence-corrected chi connectivity index (χ1v) is 4.16. The molecule has 13 heavy (non-hydrogen) atoms. The van der Waals surface area contributed by atoms with Gasteiger partial charge in [-0.25, -0.2) is 0 Å². The van der Waals surface area contributed by atoms with Gasteiger partial charge in [-0.05, 0) is 6.92 Å². The summed E-state index contributed by atoms with van der Waals surface area (Å²) in [5.74, 6) is -0.277. The standard InChI is InChI=1S/C8H12N2O3/c1-5(11)8-6(10(8)13-3)4-9(2)7(8)12/h6H,4H2,1-3H3/t6-,8-,10?/m0/s1. The molecule has 0 aromatic heterocycles. The molecule has 0 aromatic carbocycles. The van der Waals surface area contributed by atoms with Crippen LogP contribution in [0, 0.1) is 0 Å². The predicted molar refractivity (Wildman–Crippen MR) is 43.7 cm³/mol. The van der Waals surface area contributed by atoms with Gasteiger partial charge in [0.15, 0.2) is 5.78 Å². The van der Waals surface area contributed by atoms with Crippen molar-refractivity contribution in [1.82, 2.24) is 9.96 Å². The van der Waals surface area contributed by atoms with Crippen molar-refractivity contribution >= 4 is 11.7 Å². The highest BCUT2D eigenvalue weighted by atomic mass is 16.7. The quantitative estimate of drug-likeness (QED) is 0.409. The van der Waals surface area contributed by atoms with Gasteiger partial charge in [-0.2, -0.15) is 5.06 Å². The molecule has 0 radical (unpaired) electrons. The molecular weight excluding hydrogens is 172 g/mol. The average Bonchev–Trinajstić information content (AvgIpc) is 2.64. The van der Waals surface area contributed by atoms with Gasteiger partial charge in [-0.15, -0.1) is 0 Å². The van der Waals surface area contributed by atoms with Crippen molar-refractivity contribution in [1.29, 1.82) is 0 Å². The molecular formula is C8H12N2O3. The van der Waals surface area contributed by atoms with Gasteiger partial charge < -0.3 is 9.74 Å². The number of hydrogen-bond donors (Lipinski definition) is 0. The van der Waals surface area contributed by atoms with Crippen molar-refractivity contribution in [3.8, 4) is 0 Å². The Hall–Kier alpha value is -0.940. The summed E-state index contributed by atoms with van der Waals surface area (Å²) in [5.41, 5.74) is -0.983. The molecule has 0 spiro atoms. The number of nitrogens with zero attached hydrogens (tertiary/aromatic N) is 2. The Morgan fingerprint density at radius 2 is 2.31 bits per heavy atom. The van der Waals surface area contributed by atoms with E-state index in [1.807, 2.05) is 0 Å². The monoisotopic (exact) mass is 184 g/mol. The molecule has 2 aliphatic heterocycles. The van der Waals surface area contributed by atoms with Gasteiger partial charge in [-0.3, -0.25) is 9.59 Å². The number of rotatable bonds is 2. The van der Waals surface area contributed by atoms with Crippen LogP contribution in [-0.4, -0.2) is 53.9 Å². The van der Waals surface area contributed by atoms with Gasteiger partial charge in [0.1, 0.15) is 0 Å². The molecule has 0 N–H and O–H groups in total. The summed E-state index contributed by atoms with van der Waals surface area (Å²) >= 11 is 0. The smallest absolute Gasteiger partial charge is 0.254 e. The molecule has 0 bridgehead atoms. The molecule has 0 saturated carbocycles. The van der Waals surface area contributed by atoms with E-state index in [1.165, 1.54) is 19.1 Å². The fraction of sp³-hybridized carbons (Fsp3) is 0.750. The van der Waals surface area contributed by atoms with Gasteiger partial charge in [0.2, 0.25) is 5.54 Å². The van der Waals surface area contributed by atoms with Crippen molar-refractivity contribution in [3.05, 3.63) is 0 Å². The van der Waals surface area contributed by atoms with E-state index in [4.69, 9.17) is 4.84 Å². The van der Waals surface area contributed by atoms with Crippen LogP contribution in [-0.2, 0) is 14.4 Å². The van der Waals surface area contributed by atoms with Crippen molar-refractivity contribution in [2.45, 2.75) is 18.5 Å². The summed E-state index contributed by atoms with van der Waals surface area (Å²) in [6, 6.07) is -0.0764. The largest absolute Gasteiger partial charge is 0.342 e. The maximum Gasteiger partial charge on any atom is 0.254 e. The molecule has 2 aliphatic rings. The molecule has 0 aromatic rings. The zero-order valence-corrected chi connectivity index (χ0v) is 7.90. The summed E-state index contributed by atoms with van der Waals surface area (Å²) in [5, 5.41) is 1.48. The van der Waals surface area contributed by atoms with Crippen molar-refractivity contribution in [2.75, 3.05) is 20.7 Å². The number of hydrogen-bond acceptors (Lipinski definition) is 4. The summed E-state index contributed by atoms with van der Waals surface area (Å²) in [6.07, 6.45) is 0. The second kappa shape index (κ2) is 2.30. The molecule has 2 heterocycles. The minimum absolute atomic E-state index is 0.0764. The molecule has 5 nitrogen and oxygen atoms in total. The van der Waals surface area contributed by atoms with E-state index in [9.17, 15) is 9.59 Å². The highest BCUT2D eigenvalue weighted by Crippen LogP contribution is 2.48. The zero-order chi connectivity index (χ0) is 9.80. The van der Waals surface area contributed by atoms with Crippen molar-refractivity contribution in [2.24, 2.45) is 0 Å².